The Kier molecular flexibility index (Phi) is 4.63. The van der Waals surface area contributed by atoms with Gasteiger partial charge in [-0.3, -0.25) is 9.78 Å². The molecule has 140 valence electrons. The average Bonchev–Trinajstić information content (AvgIpc) is 2.69. The lowest BCUT2D eigenvalue weighted by Crippen LogP contribution is -2.13. The standard InChI is InChI=1S/C22H17ClN2O3/c1-13(26)20-10-21(27)22(28)12-25(20)18-4-2-3-14(8-18)15-5-6-16-7-17(23)11-24-19(16)9-15/h2-13,26,28H,1H3. The summed E-state index contributed by atoms with van der Waals surface area (Å²) < 4.78 is 1.62. The van der Waals surface area contributed by atoms with Crippen molar-refractivity contribution in [2.45, 2.75) is 13.0 Å². The summed E-state index contributed by atoms with van der Waals surface area (Å²) in [6.45, 7) is 1.58. The zero-order valence-corrected chi connectivity index (χ0v) is 15.8. The second-order valence-corrected chi connectivity index (χ2v) is 7.04. The van der Waals surface area contributed by atoms with Gasteiger partial charge in [0.05, 0.1) is 28.5 Å². The maximum atomic E-state index is 11.8. The van der Waals surface area contributed by atoms with E-state index < -0.39 is 11.5 Å². The summed E-state index contributed by atoms with van der Waals surface area (Å²) in [6, 6.07) is 16.6. The third-order valence-electron chi connectivity index (χ3n) is 4.60. The van der Waals surface area contributed by atoms with Gasteiger partial charge in [-0.25, -0.2) is 0 Å². The Bertz CT molecular complexity index is 1250. The minimum atomic E-state index is -0.869. The molecule has 2 aromatic carbocycles. The number of nitrogens with zero attached hydrogens (tertiary/aromatic N) is 2. The molecule has 0 aliphatic rings. The molecule has 2 N–H and O–H groups in total. The largest absolute Gasteiger partial charge is 0.503 e. The molecule has 0 aliphatic heterocycles. The van der Waals surface area contributed by atoms with E-state index in [4.69, 9.17) is 11.6 Å². The van der Waals surface area contributed by atoms with Crippen LogP contribution in [0.3, 0.4) is 0 Å². The van der Waals surface area contributed by atoms with Gasteiger partial charge in [0.1, 0.15) is 0 Å². The summed E-state index contributed by atoms with van der Waals surface area (Å²) in [5.74, 6) is -0.374. The van der Waals surface area contributed by atoms with Crippen molar-refractivity contribution in [1.82, 2.24) is 9.55 Å². The maximum absolute atomic E-state index is 11.8. The van der Waals surface area contributed by atoms with E-state index in [-0.39, 0.29) is 5.75 Å². The number of aromatic nitrogens is 2. The molecule has 0 bridgehead atoms. The van der Waals surface area contributed by atoms with Gasteiger partial charge in [-0.2, -0.15) is 0 Å². The number of fused-ring (bicyclic) bond motifs is 1. The molecular weight excluding hydrogens is 376 g/mol. The molecule has 4 aromatic rings. The first-order valence-electron chi connectivity index (χ1n) is 8.72. The number of aromatic hydroxyl groups is 1. The van der Waals surface area contributed by atoms with Crippen molar-refractivity contribution in [3.8, 4) is 22.6 Å². The Morgan fingerprint density at radius 2 is 1.86 bits per heavy atom. The van der Waals surface area contributed by atoms with Crippen LogP contribution in [0.5, 0.6) is 5.75 Å². The normalized spacial score (nSPS) is 12.2. The lowest BCUT2D eigenvalue weighted by Gasteiger charge is -2.17. The van der Waals surface area contributed by atoms with Crippen molar-refractivity contribution in [1.29, 1.82) is 0 Å². The molecule has 2 heterocycles. The quantitative estimate of drug-likeness (QED) is 0.539. The van der Waals surface area contributed by atoms with E-state index >= 15 is 0 Å². The predicted octanol–water partition coefficient (Wildman–Crippen LogP) is 4.47. The fraction of sp³-hybridized carbons (Fsp3) is 0.0909. The number of halogens is 1. The third-order valence-corrected chi connectivity index (χ3v) is 4.80. The highest BCUT2D eigenvalue weighted by Gasteiger charge is 2.12. The zero-order chi connectivity index (χ0) is 19.8. The molecule has 4 rings (SSSR count). The number of hydrogen-bond acceptors (Lipinski definition) is 4. The van der Waals surface area contributed by atoms with Gasteiger partial charge in [0.2, 0.25) is 5.43 Å². The van der Waals surface area contributed by atoms with E-state index in [1.807, 2.05) is 48.5 Å². The first-order chi connectivity index (χ1) is 13.4. The van der Waals surface area contributed by atoms with Crippen LogP contribution >= 0.6 is 11.6 Å². The van der Waals surface area contributed by atoms with Gasteiger partial charge in [-0.15, -0.1) is 0 Å². The predicted molar refractivity (Wildman–Crippen MR) is 110 cm³/mol. The van der Waals surface area contributed by atoms with Crippen molar-refractivity contribution in [3.05, 3.63) is 87.9 Å². The first-order valence-corrected chi connectivity index (χ1v) is 9.10. The van der Waals surface area contributed by atoms with Gasteiger partial charge >= 0.3 is 0 Å². The van der Waals surface area contributed by atoms with Crippen molar-refractivity contribution in [3.63, 3.8) is 0 Å². The molecule has 1 unspecified atom stereocenters. The molecule has 1 atom stereocenters. The molecule has 0 fully saturated rings. The lowest BCUT2D eigenvalue weighted by molar-refractivity contribution is 0.191. The molecule has 0 radical (unpaired) electrons. The maximum Gasteiger partial charge on any atom is 0.223 e. The van der Waals surface area contributed by atoms with Gasteiger partial charge in [-0.1, -0.05) is 35.9 Å². The van der Waals surface area contributed by atoms with Crippen molar-refractivity contribution < 1.29 is 10.2 Å². The van der Waals surface area contributed by atoms with Crippen LogP contribution in [-0.4, -0.2) is 19.8 Å². The van der Waals surface area contributed by atoms with Crippen molar-refractivity contribution in [2.75, 3.05) is 0 Å². The van der Waals surface area contributed by atoms with Crippen LogP contribution in [0.2, 0.25) is 5.02 Å². The Morgan fingerprint density at radius 3 is 2.64 bits per heavy atom. The summed E-state index contributed by atoms with van der Waals surface area (Å²) in [4.78, 5) is 16.1. The van der Waals surface area contributed by atoms with E-state index in [0.717, 1.165) is 22.0 Å². The van der Waals surface area contributed by atoms with Gasteiger partial charge in [0.25, 0.3) is 0 Å². The van der Waals surface area contributed by atoms with Gasteiger partial charge in [0, 0.05) is 23.3 Å². The molecule has 0 aliphatic carbocycles. The van der Waals surface area contributed by atoms with Crippen LogP contribution in [0.15, 0.2) is 71.8 Å². The average molecular weight is 393 g/mol. The van der Waals surface area contributed by atoms with E-state index in [0.29, 0.717) is 16.4 Å². The second-order valence-electron chi connectivity index (χ2n) is 6.61. The molecule has 2 aromatic heterocycles. The highest BCUT2D eigenvalue weighted by atomic mass is 35.5. The van der Waals surface area contributed by atoms with Gasteiger partial charge in [0.15, 0.2) is 5.75 Å². The fourth-order valence-corrected chi connectivity index (χ4v) is 3.36. The summed E-state index contributed by atoms with van der Waals surface area (Å²) in [7, 11) is 0. The van der Waals surface area contributed by atoms with Crippen LogP contribution in [0, 0.1) is 0 Å². The summed E-state index contributed by atoms with van der Waals surface area (Å²) in [5.41, 5.74) is 3.32. The lowest BCUT2D eigenvalue weighted by atomic mass is 10.0. The Balaban J connectivity index is 1.84. The SMILES string of the molecule is CC(O)c1cc(=O)c(O)cn1-c1cccc(-c2ccc3cc(Cl)cnc3c2)c1. The topological polar surface area (TPSA) is 75.3 Å². The number of aliphatic hydroxyl groups excluding tert-OH is 1. The highest BCUT2D eigenvalue weighted by molar-refractivity contribution is 6.31. The van der Waals surface area contributed by atoms with Gasteiger partial charge < -0.3 is 14.8 Å². The number of pyridine rings is 2. The minimum Gasteiger partial charge on any atom is -0.503 e. The Labute approximate surface area is 166 Å². The Morgan fingerprint density at radius 1 is 1.07 bits per heavy atom. The molecular formula is C22H17ClN2O3. The molecule has 6 heteroatoms. The molecule has 28 heavy (non-hydrogen) atoms. The molecule has 0 saturated carbocycles. The fourth-order valence-electron chi connectivity index (χ4n) is 3.19. The van der Waals surface area contributed by atoms with Crippen LogP contribution in [-0.2, 0) is 0 Å². The number of aliphatic hydroxyl groups is 1. The first kappa shape index (κ1) is 18.2. The highest BCUT2D eigenvalue weighted by Crippen LogP contribution is 2.28. The summed E-state index contributed by atoms with van der Waals surface area (Å²) in [5, 5.41) is 21.5. The van der Waals surface area contributed by atoms with Crippen molar-refractivity contribution >= 4 is 22.5 Å². The second kappa shape index (κ2) is 7.11. The number of hydrogen-bond donors (Lipinski definition) is 2. The zero-order valence-electron chi connectivity index (χ0n) is 15.0. The van der Waals surface area contributed by atoms with E-state index in [1.165, 1.54) is 12.3 Å². The van der Waals surface area contributed by atoms with E-state index in [1.54, 1.807) is 17.7 Å². The van der Waals surface area contributed by atoms with Crippen LogP contribution in [0.1, 0.15) is 18.7 Å². The molecule has 0 saturated heterocycles. The van der Waals surface area contributed by atoms with Crippen LogP contribution in [0.4, 0.5) is 0 Å². The molecule has 0 spiro atoms. The summed E-state index contributed by atoms with van der Waals surface area (Å²) >= 11 is 6.00. The summed E-state index contributed by atoms with van der Waals surface area (Å²) in [6.07, 6.45) is 2.07. The van der Waals surface area contributed by atoms with Crippen molar-refractivity contribution in [2.24, 2.45) is 0 Å². The van der Waals surface area contributed by atoms with Crippen LogP contribution in [0.25, 0.3) is 27.7 Å². The molecule has 5 nitrogen and oxygen atoms in total. The third kappa shape index (κ3) is 3.38. The van der Waals surface area contributed by atoms with Gasteiger partial charge in [-0.05, 0) is 42.3 Å². The monoisotopic (exact) mass is 392 g/mol. The minimum absolute atomic E-state index is 0.374. The molecule has 0 amide bonds. The van der Waals surface area contributed by atoms with E-state index in [2.05, 4.69) is 4.98 Å². The van der Waals surface area contributed by atoms with Crippen LogP contribution < -0.4 is 5.43 Å². The number of rotatable bonds is 3. The Hall–Kier alpha value is -3.15. The smallest absolute Gasteiger partial charge is 0.223 e. The van der Waals surface area contributed by atoms with E-state index in [9.17, 15) is 15.0 Å². The number of benzene rings is 2.